The summed E-state index contributed by atoms with van der Waals surface area (Å²) in [7, 11) is 0. The maximum absolute atomic E-state index is 6.08. The van der Waals surface area contributed by atoms with E-state index in [-0.39, 0.29) is 6.04 Å². The standard InChI is InChI=1S/C11H21NO/c1-3-9(2)7-11(12)10-5-4-6-13-8-10/h8-9,11H,3-7,12H2,1-2H3. The van der Waals surface area contributed by atoms with E-state index in [9.17, 15) is 0 Å². The predicted octanol–water partition coefficient (Wildman–Crippen LogP) is 2.44. The van der Waals surface area contributed by atoms with E-state index in [1.165, 1.54) is 12.0 Å². The molecule has 0 aromatic rings. The lowest BCUT2D eigenvalue weighted by Gasteiger charge is -2.21. The summed E-state index contributed by atoms with van der Waals surface area (Å²) < 4.78 is 5.28. The summed E-state index contributed by atoms with van der Waals surface area (Å²) in [5.41, 5.74) is 7.37. The molecule has 0 saturated heterocycles. The third-order valence-electron chi connectivity index (χ3n) is 2.79. The Kier molecular flexibility index (Phi) is 4.29. The number of ether oxygens (including phenoxy) is 1. The first-order chi connectivity index (χ1) is 6.24. The molecule has 2 atom stereocenters. The minimum absolute atomic E-state index is 0.218. The van der Waals surface area contributed by atoms with E-state index in [4.69, 9.17) is 10.5 Å². The highest BCUT2D eigenvalue weighted by molar-refractivity contribution is 5.08. The Hall–Kier alpha value is -0.500. The summed E-state index contributed by atoms with van der Waals surface area (Å²) in [5, 5.41) is 0. The summed E-state index contributed by atoms with van der Waals surface area (Å²) in [5.74, 6) is 0.720. The van der Waals surface area contributed by atoms with Gasteiger partial charge in [-0.05, 0) is 30.8 Å². The van der Waals surface area contributed by atoms with Crippen molar-refractivity contribution in [3.05, 3.63) is 11.8 Å². The Morgan fingerprint density at radius 1 is 1.62 bits per heavy atom. The summed E-state index contributed by atoms with van der Waals surface area (Å²) in [6, 6.07) is 0.218. The van der Waals surface area contributed by atoms with E-state index in [0.717, 1.165) is 31.8 Å². The average Bonchev–Trinajstić information content (AvgIpc) is 2.19. The molecule has 0 amide bonds. The van der Waals surface area contributed by atoms with Gasteiger partial charge in [-0.3, -0.25) is 0 Å². The molecule has 76 valence electrons. The molecular formula is C11H21NO. The number of hydrogen-bond acceptors (Lipinski definition) is 2. The van der Waals surface area contributed by atoms with Gasteiger partial charge in [-0.15, -0.1) is 0 Å². The van der Waals surface area contributed by atoms with Crippen molar-refractivity contribution in [2.24, 2.45) is 11.7 Å². The smallest absolute Gasteiger partial charge is 0.0876 e. The van der Waals surface area contributed by atoms with Gasteiger partial charge in [0, 0.05) is 6.04 Å². The maximum atomic E-state index is 6.08. The van der Waals surface area contributed by atoms with Crippen LogP contribution in [0.4, 0.5) is 0 Å². The summed E-state index contributed by atoms with van der Waals surface area (Å²) in [6.45, 7) is 5.33. The molecular weight excluding hydrogens is 162 g/mol. The molecule has 1 aliphatic rings. The molecule has 0 radical (unpaired) electrons. The molecule has 0 saturated carbocycles. The van der Waals surface area contributed by atoms with E-state index >= 15 is 0 Å². The van der Waals surface area contributed by atoms with Crippen LogP contribution in [0.5, 0.6) is 0 Å². The first kappa shape index (κ1) is 10.6. The molecule has 2 N–H and O–H groups in total. The number of nitrogens with two attached hydrogens (primary N) is 1. The lowest BCUT2D eigenvalue weighted by Crippen LogP contribution is -2.26. The van der Waals surface area contributed by atoms with Crippen molar-refractivity contribution < 1.29 is 4.74 Å². The summed E-state index contributed by atoms with van der Waals surface area (Å²) in [6.07, 6.45) is 6.42. The van der Waals surface area contributed by atoms with Crippen molar-refractivity contribution in [3.63, 3.8) is 0 Å². The molecule has 0 aromatic carbocycles. The van der Waals surface area contributed by atoms with Crippen molar-refractivity contribution in [2.75, 3.05) is 6.61 Å². The minimum Gasteiger partial charge on any atom is -0.501 e. The average molecular weight is 183 g/mol. The van der Waals surface area contributed by atoms with Crippen LogP contribution in [0.3, 0.4) is 0 Å². The minimum atomic E-state index is 0.218. The number of hydrogen-bond donors (Lipinski definition) is 1. The Morgan fingerprint density at radius 2 is 2.38 bits per heavy atom. The van der Waals surface area contributed by atoms with Crippen LogP contribution in [0.1, 0.15) is 39.5 Å². The molecule has 2 unspecified atom stereocenters. The molecule has 0 bridgehead atoms. The van der Waals surface area contributed by atoms with Crippen molar-refractivity contribution >= 4 is 0 Å². The first-order valence-corrected chi connectivity index (χ1v) is 5.30. The zero-order chi connectivity index (χ0) is 9.68. The predicted molar refractivity (Wildman–Crippen MR) is 55.3 cm³/mol. The molecule has 2 nitrogen and oxygen atoms in total. The second kappa shape index (κ2) is 5.28. The summed E-state index contributed by atoms with van der Waals surface area (Å²) in [4.78, 5) is 0. The van der Waals surface area contributed by atoms with Gasteiger partial charge in [0.2, 0.25) is 0 Å². The quantitative estimate of drug-likeness (QED) is 0.726. The van der Waals surface area contributed by atoms with Gasteiger partial charge < -0.3 is 10.5 Å². The third-order valence-corrected chi connectivity index (χ3v) is 2.79. The van der Waals surface area contributed by atoms with E-state index in [0.29, 0.717) is 0 Å². The third kappa shape index (κ3) is 3.39. The molecule has 2 heteroatoms. The molecule has 13 heavy (non-hydrogen) atoms. The molecule has 0 aromatic heterocycles. The van der Waals surface area contributed by atoms with Gasteiger partial charge in [-0.2, -0.15) is 0 Å². The molecule has 0 spiro atoms. The van der Waals surface area contributed by atoms with Crippen molar-refractivity contribution in [3.8, 4) is 0 Å². The fourth-order valence-electron chi connectivity index (χ4n) is 1.61. The highest BCUT2D eigenvalue weighted by Gasteiger charge is 2.14. The van der Waals surface area contributed by atoms with Gasteiger partial charge in [-0.25, -0.2) is 0 Å². The van der Waals surface area contributed by atoms with Crippen LogP contribution in [0.15, 0.2) is 11.8 Å². The van der Waals surface area contributed by atoms with Crippen LogP contribution in [0.2, 0.25) is 0 Å². The van der Waals surface area contributed by atoms with Gasteiger partial charge in [0.05, 0.1) is 12.9 Å². The van der Waals surface area contributed by atoms with Crippen LogP contribution in [-0.2, 0) is 4.74 Å². The van der Waals surface area contributed by atoms with Crippen LogP contribution in [0, 0.1) is 5.92 Å². The summed E-state index contributed by atoms with van der Waals surface area (Å²) >= 11 is 0. The second-order valence-corrected chi connectivity index (χ2v) is 4.02. The topological polar surface area (TPSA) is 35.2 Å². The Morgan fingerprint density at radius 3 is 2.92 bits per heavy atom. The molecule has 1 aliphatic heterocycles. The zero-order valence-electron chi connectivity index (χ0n) is 8.75. The molecule has 1 rings (SSSR count). The van der Waals surface area contributed by atoms with Crippen LogP contribution in [-0.4, -0.2) is 12.6 Å². The zero-order valence-corrected chi connectivity index (χ0v) is 8.75. The molecule has 0 aliphatic carbocycles. The lowest BCUT2D eigenvalue weighted by molar-refractivity contribution is 0.219. The van der Waals surface area contributed by atoms with Crippen molar-refractivity contribution in [2.45, 2.75) is 45.6 Å². The fourth-order valence-corrected chi connectivity index (χ4v) is 1.61. The first-order valence-electron chi connectivity index (χ1n) is 5.30. The Labute approximate surface area is 81.1 Å². The van der Waals surface area contributed by atoms with Crippen LogP contribution in [0.25, 0.3) is 0 Å². The highest BCUT2D eigenvalue weighted by atomic mass is 16.5. The van der Waals surface area contributed by atoms with E-state index in [1.54, 1.807) is 0 Å². The monoisotopic (exact) mass is 183 g/mol. The fraction of sp³-hybridized carbons (Fsp3) is 0.818. The van der Waals surface area contributed by atoms with Gasteiger partial charge in [0.15, 0.2) is 0 Å². The largest absolute Gasteiger partial charge is 0.501 e. The second-order valence-electron chi connectivity index (χ2n) is 4.02. The van der Waals surface area contributed by atoms with E-state index in [1.807, 2.05) is 6.26 Å². The van der Waals surface area contributed by atoms with Crippen LogP contribution < -0.4 is 5.73 Å². The van der Waals surface area contributed by atoms with Crippen molar-refractivity contribution in [1.82, 2.24) is 0 Å². The lowest BCUT2D eigenvalue weighted by atomic mass is 9.93. The molecule has 0 fully saturated rings. The van der Waals surface area contributed by atoms with Crippen LogP contribution >= 0.6 is 0 Å². The molecule has 1 heterocycles. The van der Waals surface area contributed by atoms with Crippen molar-refractivity contribution in [1.29, 1.82) is 0 Å². The SMILES string of the molecule is CCC(C)CC(N)C1=COCCC1. The maximum Gasteiger partial charge on any atom is 0.0876 e. The van der Waals surface area contributed by atoms with Gasteiger partial charge in [0.25, 0.3) is 0 Å². The van der Waals surface area contributed by atoms with Gasteiger partial charge in [-0.1, -0.05) is 20.3 Å². The van der Waals surface area contributed by atoms with Gasteiger partial charge in [0.1, 0.15) is 0 Å². The highest BCUT2D eigenvalue weighted by Crippen LogP contribution is 2.20. The van der Waals surface area contributed by atoms with E-state index < -0.39 is 0 Å². The van der Waals surface area contributed by atoms with E-state index in [2.05, 4.69) is 13.8 Å². The Bertz CT molecular complexity index is 177. The number of rotatable bonds is 4. The van der Waals surface area contributed by atoms with Gasteiger partial charge >= 0.3 is 0 Å². The normalized spacial score (nSPS) is 21.6. The Balaban J connectivity index is 2.37.